The van der Waals surface area contributed by atoms with Gasteiger partial charge in [0.1, 0.15) is 5.82 Å². The second-order valence-corrected chi connectivity index (χ2v) is 20.3. The van der Waals surface area contributed by atoms with Crippen molar-refractivity contribution in [2.45, 2.75) is 45.4 Å². The normalized spacial score (nSPS) is 13.8. The molecule has 68 heavy (non-hydrogen) atoms. The van der Waals surface area contributed by atoms with E-state index in [9.17, 15) is 0 Å². The molecule has 0 saturated heterocycles. The summed E-state index contributed by atoms with van der Waals surface area (Å²) in [5, 5.41) is 4.53. The molecule has 5 nitrogen and oxygen atoms in total. The summed E-state index contributed by atoms with van der Waals surface area (Å²) >= 11 is 1.79. The Morgan fingerprint density at radius 3 is 2.16 bits per heavy atom. The predicted molar refractivity (Wildman–Crippen MR) is 279 cm³/mol. The number of nitrogens with zero attached hydrogens (tertiary/aromatic N) is 4. The zero-order chi connectivity index (χ0) is 45.2. The summed E-state index contributed by atoms with van der Waals surface area (Å²) in [6.45, 7) is 13.7. The maximum atomic E-state index is 6.98. The molecule has 0 radical (unpaired) electrons. The number of anilines is 4. The molecule has 8 aromatic carbocycles. The minimum Gasteiger partial charge on any atom is -0.509 e. The first-order chi connectivity index (χ1) is 32.6. The van der Waals surface area contributed by atoms with Crippen molar-refractivity contribution in [3.63, 3.8) is 0 Å². The maximum Gasteiger partial charge on any atom is 0.135 e. The van der Waals surface area contributed by atoms with Crippen molar-refractivity contribution in [3.05, 3.63) is 212 Å². The molecule has 2 aliphatic rings. The number of hydrogen-bond acceptors (Lipinski definition) is 5. The predicted octanol–water partition coefficient (Wildman–Crippen LogP) is 16.6. The Kier molecular flexibility index (Phi) is 9.85. The number of ether oxygens (including phenoxy) is 1. The van der Waals surface area contributed by atoms with Gasteiger partial charge in [-0.15, -0.1) is 41.7 Å². The van der Waals surface area contributed by atoms with Crippen LogP contribution >= 0.6 is 11.3 Å². The Balaban J connectivity index is 0.00000480. The van der Waals surface area contributed by atoms with E-state index in [-0.39, 0.29) is 31.9 Å². The van der Waals surface area contributed by atoms with Crippen LogP contribution in [0.15, 0.2) is 176 Å². The van der Waals surface area contributed by atoms with Crippen molar-refractivity contribution in [3.8, 4) is 39.6 Å². The third-order valence-electron chi connectivity index (χ3n) is 13.9. The van der Waals surface area contributed by atoms with Gasteiger partial charge in [0.05, 0.1) is 0 Å². The van der Waals surface area contributed by atoms with Crippen LogP contribution in [0.4, 0.5) is 22.7 Å². The van der Waals surface area contributed by atoms with Crippen molar-refractivity contribution >= 4 is 76.1 Å². The molecule has 0 saturated carbocycles. The third kappa shape index (κ3) is 6.49. The number of pyridine rings is 1. The average molecular weight is 1080 g/mol. The van der Waals surface area contributed by atoms with E-state index in [0.29, 0.717) is 11.5 Å². The second kappa shape index (κ2) is 15.8. The van der Waals surface area contributed by atoms with Gasteiger partial charge in [-0.1, -0.05) is 166 Å². The second-order valence-electron chi connectivity index (χ2n) is 19.3. The van der Waals surface area contributed by atoms with E-state index in [1.165, 1.54) is 49.0 Å². The number of benzene rings is 8. The van der Waals surface area contributed by atoms with Crippen molar-refractivity contribution in [2.75, 3.05) is 9.80 Å². The van der Waals surface area contributed by atoms with Gasteiger partial charge in [0.2, 0.25) is 0 Å². The number of thiophene rings is 1. The molecular formula is C61H45N4OPtS-3. The fraction of sp³-hybridized carbons (Fsp3) is 0.115. The van der Waals surface area contributed by atoms with Crippen molar-refractivity contribution in [1.82, 2.24) is 9.55 Å². The molecule has 11 aromatic rings. The van der Waals surface area contributed by atoms with Crippen molar-refractivity contribution < 1.29 is 25.8 Å². The molecular weight excluding hydrogens is 1030 g/mol. The summed E-state index contributed by atoms with van der Waals surface area (Å²) in [7, 11) is 0. The fourth-order valence-electron chi connectivity index (χ4n) is 10.6. The number of hydrogen-bond donors (Lipinski definition) is 0. The zero-order valence-corrected chi connectivity index (χ0v) is 41.3. The van der Waals surface area contributed by atoms with Crippen LogP contribution in [0.25, 0.3) is 70.0 Å². The first-order valence-electron chi connectivity index (χ1n) is 22.9. The topological polar surface area (TPSA) is 33.5 Å². The minimum absolute atomic E-state index is 0. The molecule has 3 aromatic heterocycles. The Morgan fingerprint density at radius 2 is 1.34 bits per heavy atom. The van der Waals surface area contributed by atoms with Crippen LogP contribution in [0.2, 0.25) is 0 Å². The summed E-state index contributed by atoms with van der Waals surface area (Å²) in [5.41, 5.74) is 14.8. The molecule has 13 rings (SSSR count). The van der Waals surface area contributed by atoms with E-state index >= 15 is 0 Å². The van der Waals surface area contributed by atoms with Crippen LogP contribution in [0.5, 0.6) is 11.5 Å². The van der Waals surface area contributed by atoms with Gasteiger partial charge in [-0.3, -0.25) is 0 Å². The van der Waals surface area contributed by atoms with E-state index in [1.54, 1.807) is 11.3 Å². The van der Waals surface area contributed by atoms with E-state index in [4.69, 9.17) is 9.72 Å². The number of fused-ring (bicyclic) bond motifs is 10. The number of rotatable bonds is 6. The molecule has 1 aliphatic heterocycles. The van der Waals surface area contributed by atoms with Crippen LogP contribution in [-0.2, 0) is 31.9 Å². The number of para-hydroxylation sites is 3. The summed E-state index contributed by atoms with van der Waals surface area (Å²) in [6, 6.07) is 68.5. The quantitative estimate of drug-likeness (QED) is 0.155. The van der Waals surface area contributed by atoms with Crippen molar-refractivity contribution in [1.29, 1.82) is 0 Å². The van der Waals surface area contributed by atoms with E-state index in [0.717, 1.165) is 60.5 Å². The van der Waals surface area contributed by atoms with E-state index < -0.39 is 0 Å². The van der Waals surface area contributed by atoms with Gasteiger partial charge in [-0.25, -0.2) is 16.3 Å². The van der Waals surface area contributed by atoms with Gasteiger partial charge in [-0.05, 0) is 80.4 Å². The Hall–Kier alpha value is -6.98. The summed E-state index contributed by atoms with van der Waals surface area (Å²) < 4.78 is 11.5. The molecule has 334 valence electrons. The Bertz CT molecular complexity index is 3810. The monoisotopic (exact) mass is 1080 g/mol. The number of aromatic nitrogens is 2. The standard InChI is InChI=1S/C61H45N4OS.Pt/c1-60(2,3)39-31-32-62-56(33-39)65-50-23-13-10-19-43(50)44-28-27-40(35-53(44)65)66-41-34-47-45-20-11-16-26-55(45)67-59(47)54(36-41)63-37-64(52-25-15-14-24-51(52)63)58-42(38-17-7-6-8-18-38)29-30-49-57(58)46-21-9-12-22-48(46)61(49,4)5;/h6-34,37H,1-5H3;/q-3;. The Morgan fingerprint density at radius 1 is 0.618 bits per heavy atom. The van der Waals surface area contributed by atoms with Crippen molar-refractivity contribution in [2.24, 2.45) is 0 Å². The van der Waals surface area contributed by atoms with Crippen LogP contribution in [-0.4, -0.2) is 9.55 Å². The van der Waals surface area contributed by atoms with Gasteiger partial charge in [0, 0.05) is 82.6 Å². The largest absolute Gasteiger partial charge is 0.509 e. The van der Waals surface area contributed by atoms with Gasteiger partial charge in [-0.2, -0.15) is 6.07 Å². The molecule has 4 heterocycles. The van der Waals surface area contributed by atoms with Gasteiger partial charge >= 0.3 is 0 Å². The SMILES string of the molecule is CC(C)(C)c1ccnc(-n2c3[c-]c(Oc4[c-]c(N5[CH-]N(c6c(-c7ccccc7)ccc7c6-c6ccccc6C7(C)C)c6ccccc65)c5sc6ccccc6c5c4)ccc3c3ccccc32)c1.[Pt]. The minimum atomic E-state index is -0.168. The molecule has 7 heteroatoms. The molecule has 1 aliphatic carbocycles. The van der Waals surface area contributed by atoms with E-state index in [1.807, 2.05) is 12.3 Å². The smallest absolute Gasteiger partial charge is 0.135 e. The summed E-state index contributed by atoms with van der Waals surface area (Å²) in [5.74, 6) is 2.07. The molecule has 0 fully saturated rings. The van der Waals surface area contributed by atoms with Crippen LogP contribution < -0.4 is 14.5 Å². The van der Waals surface area contributed by atoms with Crippen LogP contribution in [0.3, 0.4) is 0 Å². The molecule has 0 spiro atoms. The molecule has 0 bridgehead atoms. The summed E-state index contributed by atoms with van der Waals surface area (Å²) in [4.78, 5) is 9.65. The zero-order valence-electron chi connectivity index (χ0n) is 38.2. The molecule has 0 amide bonds. The fourth-order valence-corrected chi connectivity index (χ4v) is 11.8. The first-order valence-corrected chi connectivity index (χ1v) is 23.8. The van der Waals surface area contributed by atoms with Gasteiger partial charge in [0.25, 0.3) is 0 Å². The third-order valence-corrected chi connectivity index (χ3v) is 15.1. The van der Waals surface area contributed by atoms with Crippen LogP contribution in [0, 0.1) is 18.8 Å². The molecule has 0 N–H and O–H groups in total. The maximum absolute atomic E-state index is 6.98. The van der Waals surface area contributed by atoms with Gasteiger partial charge < -0.3 is 19.1 Å². The van der Waals surface area contributed by atoms with E-state index in [2.05, 4.69) is 232 Å². The molecule has 0 atom stereocenters. The molecule has 0 unspecified atom stereocenters. The average Bonchev–Trinajstić information content (AvgIpc) is 4.08. The van der Waals surface area contributed by atoms with Gasteiger partial charge in [0.15, 0.2) is 0 Å². The summed E-state index contributed by atoms with van der Waals surface area (Å²) in [6.07, 6.45) is 1.91. The van der Waals surface area contributed by atoms with Crippen LogP contribution in [0.1, 0.15) is 51.3 Å². The Labute approximate surface area is 415 Å². The first kappa shape index (κ1) is 42.4.